The van der Waals surface area contributed by atoms with Crippen molar-refractivity contribution in [2.75, 3.05) is 5.73 Å². The van der Waals surface area contributed by atoms with Gasteiger partial charge < -0.3 is 10.8 Å². The third-order valence-electron chi connectivity index (χ3n) is 2.99. The fraction of sp³-hybridized carbons (Fsp3) is 0.0714. The molecule has 0 aliphatic rings. The average molecular weight is 285 g/mol. The number of nitrogens with two attached hydrogens (primary N) is 1. The molecular formula is C14H11N3O2S. The number of hydrogen-bond acceptors (Lipinski definition) is 5. The zero-order valence-electron chi connectivity index (χ0n) is 10.6. The molecule has 0 fully saturated rings. The van der Waals surface area contributed by atoms with Crippen molar-refractivity contribution in [3.05, 3.63) is 41.2 Å². The van der Waals surface area contributed by atoms with Gasteiger partial charge in [0, 0.05) is 29.0 Å². The van der Waals surface area contributed by atoms with E-state index in [2.05, 4.69) is 9.97 Å². The van der Waals surface area contributed by atoms with Crippen molar-refractivity contribution in [3.8, 4) is 11.1 Å². The Morgan fingerprint density at radius 3 is 2.90 bits per heavy atom. The van der Waals surface area contributed by atoms with Gasteiger partial charge in [-0.3, -0.25) is 4.98 Å². The van der Waals surface area contributed by atoms with Crippen molar-refractivity contribution in [2.45, 2.75) is 6.92 Å². The van der Waals surface area contributed by atoms with E-state index in [1.807, 2.05) is 25.1 Å². The van der Waals surface area contributed by atoms with E-state index < -0.39 is 5.97 Å². The molecule has 3 aromatic rings. The number of aromatic carboxylic acids is 1. The number of nitrogen functional groups attached to an aromatic ring is 1. The zero-order valence-corrected chi connectivity index (χ0v) is 11.4. The van der Waals surface area contributed by atoms with Crippen LogP contribution in [0.25, 0.3) is 21.3 Å². The summed E-state index contributed by atoms with van der Waals surface area (Å²) in [6.45, 7) is 1.87. The van der Waals surface area contributed by atoms with Crippen LogP contribution >= 0.6 is 11.3 Å². The molecule has 3 heterocycles. The highest BCUT2D eigenvalue weighted by atomic mass is 32.1. The van der Waals surface area contributed by atoms with Crippen LogP contribution in [0.15, 0.2) is 30.6 Å². The predicted octanol–water partition coefficient (Wildman–Crippen LogP) is 2.95. The standard InChI is InChI=1S/C14H11N3O2S/c1-7-5-9(8-3-2-4-16-6-8)10-11(15)12(14(18)19)20-13(10)17-7/h2-6H,15H2,1H3,(H,18,19). The number of carboxylic acid groups (broad SMARTS) is 1. The van der Waals surface area contributed by atoms with Gasteiger partial charge in [-0.15, -0.1) is 11.3 Å². The molecule has 0 aliphatic carbocycles. The zero-order chi connectivity index (χ0) is 14.3. The highest BCUT2D eigenvalue weighted by molar-refractivity contribution is 7.21. The maximum absolute atomic E-state index is 11.2. The Bertz CT molecular complexity index is 812. The molecule has 0 saturated carbocycles. The number of nitrogens with zero attached hydrogens (tertiary/aromatic N) is 2. The van der Waals surface area contributed by atoms with Crippen LogP contribution in [-0.4, -0.2) is 21.0 Å². The number of carbonyl (C=O) groups is 1. The normalized spacial score (nSPS) is 10.8. The molecule has 0 amide bonds. The van der Waals surface area contributed by atoms with Gasteiger partial charge in [-0.05, 0) is 24.6 Å². The molecule has 0 spiro atoms. The van der Waals surface area contributed by atoms with Crippen LogP contribution in [0, 0.1) is 6.92 Å². The lowest BCUT2D eigenvalue weighted by molar-refractivity contribution is 0.0703. The summed E-state index contributed by atoms with van der Waals surface area (Å²) >= 11 is 1.10. The van der Waals surface area contributed by atoms with Gasteiger partial charge in [0.1, 0.15) is 9.71 Å². The summed E-state index contributed by atoms with van der Waals surface area (Å²) in [4.78, 5) is 20.5. The summed E-state index contributed by atoms with van der Waals surface area (Å²) in [6.07, 6.45) is 3.42. The minimum absolute atomic E-state index is 0.128. The Morgan fingerprint density at radius 2 is 2.25 bits per heavy atom. The molecule has 0 aromatic carbocycles. The highest BCUT2D eigenvalue weighted by Gasteiger charge is 2.19. The number of fused-ring (bicyclic) bond motifs is 1. The van der Waals surface area contributed by atoms with Crippen molar-refractivity contribution in [2.24, 2.45) is 0 Å². The van der Waals surface area contributed by atoms with E-state index in [0.29, 0.717) is 10.2 Å². The van der Waals surface area contributed by atoms with E-state index in [1.165, 1.54) is 0 Å². The number of hydrogen-bond donors (Lipinski definition) is 2. The third kappa shape index (κ3) is 1.90. The lowest BCUT2D eigenvalue weighted by Crippen LogP contribution is -1.97. The van der Waals surface area contributed by atoms with Gasteiger partial charge in [-0.25, -0.2) is 9.78 Å². The SMILES string of the molecule is Cc1cc(-c2cccnc2)c2c(N)c(C(=O)O)sc2n1. The molecule has 5 nitrogen and oxygen atoms in total. The Labute approximate surface area is 118 Å². The van der Waals surface area contributed by atoms with Crippen molar-refractivity contribution in [1.82, 2.24) is 9.97 Å². The summed E-state index contributed by atoms with van der Waals surface area (Å²) in [7, 11) is 0. The third-order valence-corrected chi connectivity index (χ3v) is 4.08. The number of aromatic nitrogens is 2. The molecular weight excluding hydrogens is 274 g/mol. The van der Waals surface area contributed by atoms with E-state index >= 15 is 0 Å². The van der Waals surface area contributed by atoms with Crippen LogP contribution in [0.3, 0.4) is 0 Å². The molecule has 3 rings (SSSR count). The van der Waals surface area contributed by atoms with Crippen LogP contribution in [0.1, 0.15) is 15.4 Å². The topological polar surface area (TPSA) is 89.1 Å². The summed E-state index contributed by atoms with van der Waals surface area (Å²) < 4.78 is 0. The predicted molar refractivity (Wildman–Crippen MR) is 79.0 cm³/mol. The van der Waals surface area contributed by atoms with Crippen LogP contribution in [-0.2, 0) is 0 Å². The maximum atomic E-state index is 11.2. The van der Waals surface area contributed by atoms with Crippen LogP contribution in [0.4, 0.5) is 5.69 Å². The molecule has 0 saturated heterocycles. The van der Waals surface area contributed by atoms with E-state index in [4.69, 9.17) is 5.73 Å². The van der Waals surface area contributed by atoms with Crippen molar-refractivity contribution in [1.29, 1.82) is 0 Å². The molecule has 3 N–H and O–H groups in total. The van der Waals surface area contributed by atoms with Gasteiger partial charge in [0.25, 0.3) is 0 Å². The molecule has 0 atom stereocenters. The first kappa shape index (κ1) is 12.6. The summed E-state index contributed by atoms with van der Waals surface area (Å²) in [6, 6.07) is 5.64. The first-order valence-corrected chi connectivity index (χ1v) is 6.73. The van der Waals surface area contributed by atoms with Gasteiger partial charge in [0.05, 0.1) is 5.69 Å². The summed E-state index contributed by atoms with van der Waals surface area (Å²) in [5, 5.41) is 9.87. The van der Waals surface area contributed by atoms with E-state index in [1.54, 1.807) is 12.4 Å². The molecule has 0 bridgehead atoms. The smallest absolute Gasteiger partial charge is 0.348 e. The molecule has 0 aliphatic heterocycles. The van der Waals surface area contributed by atoms with Crippen molar-refractivity contribution in [3.63, 3.8) is 0 Å². The van der Waals surface area contributed by atoms with Gasteiger partial charge in [-0.2, -0.15) is 0 Å². The van der Waals surface area contributed by atoms with Gasteiger partial charge in [0.15, 0.2) is 0 Å². The van der Waals surface area contributed by atoms with Crippen LogP contribution in [0.5, 0.6) is 0 Å². The Morgan fingerprint density at radius 1 is 1.45 bits per heavy atom. The lowest BCUT2D eigenvalue weighted by Gasteiger charge is -2.05. The molecule has 20 heavy (non-hydrogen) atoms. The number of aryl methyl sites for hydroxylation is 1. The minimum Gasteiger partial charge on any atom is -0.477 e. The summed E-state index contributed by atoms with van der Waals surface area (Å²) in [5.74, 6) is -1.03. The molecule has 3 aromatic heterocycles. The van der Waals surface area contributed by atoms with Gasteiger partial charge in [0.2, 0.25) is 0 Å². The molecule has 100 valence electrons. The van der Waals surface area contributed by atoms with Crippen molar-refractivity contribution >= 4 is 33.2 Å². The van der Waals surface area contributed by atoms with Crippen LogP contribution in [0.2, 0.25) is 0 Å². The Kier molecular flexibility index (Phi) is 2.87. The molecule has 0 unspecified atom stereocenters. The number of pyridine rings is 2. The van der Waals surface area contributed by atoms with E-state index in [9.17, 15) is 9.90 Å². The fourth-order valence-corrected chi connectivity index (χ4v) is 3.16. The van der Waals surface area contributed by atoms with Crippen LogP contribution < -0.4 is 5.73 Å². The van der Waals surface area contributed by atoms with Gasteiger partial charge >= 0.3 is 5.97 Å². The largest absolute Gasteiger partial charge is 0.477 e. The molecule has 0 radical (unpaired) electrons. The monoisotopic (exact) mass is 285 g/mol. The second-order valence-electron chi connectivity index (χ2n) is 4.38. The highest BCUT2D eigenvalue weighted by Crippen LogP contribution is 2.39. The number of carboxylic acids is 1. The first-order chi connectivity index (χ1) is 9.58. The first-order valence-electron chi connectivity index (χ1n) is 5.91. The summed E-state index contributed by atoms with van der Waals surface area (Å²) in [5.41, 5.74) is 8.83. The second kappa shape index (κ2) is 4.57. The number of rotatable bonds is 2. The lowest BCUT2D eigenvalue weighted by atomic mass is 10.0. The van der Waals surface area contributed by atoms with Crippen molar-refractivity contribution < 1.29 is 9.90 Å². The quantitative estimate of drug-likeness (QED) is 0.755. The second-order valence-corrected chi connectivity index (χ2v) is 5.38. The van der Waals surface area contributed by atoms with E-state index in [0.717, 1.165) is 28.2 Å². The van der Waals surface area contributed by atoms with Gasteiger partial charge in [-0.1, -0.05) is 6.07 Å². The maximum Gasteiger partial charge on any atom is 0.348 e. The fourth-order valence-electron chi connectivity index (χ4n) is 2.15. The number of anilines is 1. The Balaban J connectivity index is 2.40. The Hall–Kier alpha value is -2.47. The minimum atomic E-state index is -1.03. The average Bonchev–Trinajstić information content (AvgIpc) is 2.76. The number of thiophene rings is 1. The molecule has 6 heteroatoms. The van der Waals surface area contributed by atoms with E-state index in [-0.39, 0.29) is 10.6 Å².